The number of carbonyl (C=O) groups is 1. The minimum absolute atomic E-state index is 0.0352. The van der Waals surface area contributed by atoms with Gasteiger partial charge in [-0.15, -0.1) is 0 Å². The van der Waals surface area contributed by atoms with Crippen molar-refractivity contribution < 1.29 is 4.79 Å². The van der Waals surface area contributed by atoms with E-state index >= 15 is 0 Å². The van der Waals surface area contributed by atoms with Gasteiger partial charge in [0, 0.05) is 31.7 Å². The Morgan fingerprint density at radius 3 is 2.95 bits per heavy atom. The number of aromatic nitrogens is 1. The number of nitrogens with zero attached hydrogens (tertiary/aromatic N) is 2. The number of hydrogen-bond acceptors (Lipinski definition) is 5. The first-order chi connectivity index (χ1) is 10.3. The second kappa shape index (κ2) is 6.41. The fraction of sp³-hybridized carbons (Fsp3) is 0.467. The molecule has 21 heavy (non-hydrogen) atoms. The maximum Gasteiger partial charge on any atom is 0.225 e. The van der Waals surface area contributed by atoms with Crippen molar-refractivity contribution >= 4 is 38.3 Å². The van der Waals surface area contributed by atoms with Crippen LogP contribution in [0.5, 0.6) is 0 Å². The van der Waals surface area contributed by atoms with Crippen molar-refractivity contribution in [2.75, 3.05) is 36.9 Å². The largest absolute Gasteiger partial charge is 0.348 e. The van der Waals surface area contributed by atoms with Gasteiger partial charge in [-0.05, 0) is 38.1 Å². The van der Waals surface area contributed by atoms with Crippen LogP contribution in [0.1, 0.15) is 19.3 Å². The summed E-state index contributed by atoms with van der Waals surface area (Å²) in [6.07, 6.45) is 2.99. The number of hydrogen-bond donors (Lipinski definition) is 2. The normalized spacial score (nSPS) is 14.8. The molecule has 1 aromatic carbocycles. The number of rotatable bonds is 5. The van der Waals surface area contributed by atoms with Crippen LogP contribution in [0.25, 0.3) is 10.2 Å². The highest BCUT2D eigenvalue weighted by molar-refractivity contribution is 7.22. The Bertz CT molecular complexity index is 634. The van der Waals surface area contributed by atoms with Crippen LogP contribution in [0.4, 0.5) is 10.8 Å². The molecule has 0 unspecified atom stereocenters. The third kappa shape index (κ3) is 3.33. The molecule has 112 valence electrons. The third-order valence-electron chi connectivity index (χ3n) is 3.64. The van der Waals surface area contributed by atoms with Crippen molar-refractivity contribution in [3.8, 4) is 0 Å². The second-order valence-corrected chi connectivity index (χ2v) is 6.28. The van der Waals surface area contributed by atoms with E-state index in [1.54, 1.807) is 11.3 Å². The van der Waals surface area contributed by atoms with Crippen molar-refractivity contribution in [1.29, 1.82) is 0 Å². The lowest BCUT2D eigenvalue weighted by Crippen LogP contribution is -2.18. The Kier molecular flexibility index (Phi) is 4.36. The first kappa shape index (κ1) is 14.3. The molecule has 5 nitrogen and oxygen atoms in total. The van der Waals surface area contributed by atoms with E-state index in [0.29, 0.717) is 13.0 Å². The standard InChI is InChI=1S/C15H20N4OS/c1-16-7-6-14(20)17-11-4-5-12-13(10-11)21-15(18-12)19-8-2-3-9-19/h4-5,10,16H,2-3,6-9H2,1H3,(H,17,20). The molecule has 2 N–H and O–H groups in total. The number of anilines is 2. The molecule has 2 heterocycles. The zero-order valence-electron chi connectivity index (χ0n) is 12.2. The lowest BCUT2D eigenvalue weighted by Gasteiger charge is -2.11. The molecule has 6 heteroatoms. The Morgan fingerprint density at radius 1 is 1.38 bits per heavy atom. The van der Waals surface area contributed by atoms with Gasteiger partial charge in [0.05, 0.1) is 10.2 Å². The van der Waals surface area contributed by atoms with Gasteiger partial charge in [-0.2, -0.15) is 0 Å². The van der Waals surface area contributed by atoms with Gasteiger partial charge < -0.3 is 15.5 Å². The third-order valence-corrected chi connectivity index (χ3v) is 4.72. The summed E-state index contributed by atoms with van der Waals surface area (Å²) in [5.41, 5.74) is 1.86. The van der Waals surface area contributed by atoms with Crippen molar-refractivity contribution in [2.24, 2.45) is 0 Å². The van der Waals surface area contributed by atoms with E-state index in [4.69, 9.17) is 0 Å². The van der Waals surface area contributed by atoms with Gasteiger partial charge in [0.15, 0.2) is 5.13 Å². The highest BCUT2D eigenvalue weighted by atomic mass is 32.1. The van der Waals surface area contributed by atoms with Crippen LogP contribution in [0.2, 0.25) is 0 Å². The summed E-state index contributed by atoms with van der Waals surface area (Å²) in [6.45, 7) is 2.90. The molecule has 2 aromatic rings. The SMILES string of the molecule is CNCCC(=O)Nc1ccc2nc(N3CCCC3)sc2c1. The van der Waals surface area contributed by atoms with E-state index in [0.717, 1.165) is 34.1 Å². The van der Waals surface area contributed by atoms with Gasteiger partial charge in [-0.25, -0.2) is 4.98 Å². The van der Waals surface area contributed by atoms with Crippen LogP contribution in [-0.2, 0) is 4.79 Å². The molecule has 1 saturated heterocycles. The van der Waals surface area contributed by atoms with E-state index in [2.05, 4.69) is 20.5 Å². The van der Waals surface area contributed by atoms with Gasteiger partial charge in [0.1, 0.15) is 0 Å². The first-order valence-corrected chi connectivity index (χ1v) is 8.18. The predicted octanol–water partition coefficient (Wildman–Crippen LogP) is 2.44. The topological polar surface area (TPSA) is 57.3 Å². The highest BCUT2D eigenvalue weighted by Gasteiger charge is 2.16. The maximum absolute atomic E-state index is 11.8. The summed E-state index contributed by atoms with van der Waals surface area (Å²) in [7, 11) is 1.84. The van der Waals surface area contributed by atoms with Gasteiger partial charge in [0.2, 0.25) is 5.91 Å². The summed E-state index contributed by atoms with van der Waals surface area (Å²) >= 11 is 1.70. The van der Waals surface area contributed by atoms with Crippen LogP contribution in [0, 0.1) is 0 Å². The number of benzene rings is 1. The van der Waals surface area contributed by atoms with Crippen LogP contribution >= 0.6 is 11.3 Å². The maximum atomic E-state index is 11.8. The molecule has 0 atom stereocenters. The molecule has 0 saturated carbocycles. The smallest absolute Gasteiger partial charge is 0.225 e. The van der Waals surface area contributed by atoms with Crippen molar-refractivity contribution in [3.05, 3.63) is 18.2 Å². The molecule has 0 bridgehead atoms. The van der Waals surface area contributed by atoms with Gasteiger partial charge in [-0.1, -0.05) is 11.3 Å². The lowest BCUT2D eigenvalue weighted by molar-refractivity contribution is -0.116. The average molecular weight is 304 g/mol. The number of fused-ring (bicyclic) bond motifs is 1. The Balaban J connectivity index is 1.75. The first-order valence-electron chi connectivity index (χ1n) is 7.36. The molecular weight excluding hydrogens is 284 g/mol. The van der Waals surface area contributed by atoms with E-state index in [1.807, 2.05) is 25.2 Å². The van der Waals surface area contributed by atoms with Crippen molar-refractivity contribution in [1.82, 2.24) is 10.3 Å². The lowest BCUT2D eigenvalue weighted by atomic mass is 10.3. The Labute approximate surface area is 128 Å². The Hall–Kier alpha value is -1.66. The molecule has 0 aliphatic carbocycles. The van der Waals surface area contributed by atoms with Gasteiger partial charge in [-0.3, -0.25) is 4.79 Å². The predicted molar refractivity (Wildman–Crippen MR) is 88.2 cm³/mol. The molecule has 1 fully saturated rings. The summed E-state index contributed by atoms with van der Waals surface area (Å²) in [6, 6.07) is 5.93. The molecule has 1 aliphatic rings. The summed E-state index contributed by atoms with van der Waals surface area (Å²) < 4.78 is 1.13. The van der Waals surface area contributed by atoms with E-state index < -0.39 is 0 Å². The van der Waals surface area contributed by atoms with Crippen LogP contribution in [0.3, 0.4) is 0 Å². The molecule has 1 aliphatic heterocycles. The molecule has 0 spiro atoms. The molecule has 1 amide bonds. The van der Waals surface area contributed by atoms with Gasteiger partial charge >= 0.3 is 0 Å². The average Bonchev–Trinajstić information content (AvgIpc) is 3.13. The summed E-state index contributed by atoms with van der Waals surface area (Å²) in [4.78, 5) is 18.8. The zero-order chi connectivity index (χ0) is 14.7. The van der Waals surface area contributed by atoms with E-state index in [9.17, 15) is 4.79 Å². The van der Waals surface area contributed by atoms with Gasteiger partial charge in [0.25, 0.3) is 0 Å². The Morgan fingerprint density at radius 2 is 2.19 bits per heavy atom. The number of amides is 1. The monoisotopic (exact) mass is 304 g/mol. The molecule has 3 rings (SSSR count). The quantitative estimate of drug-likeness (QED) is 0.891. The second-order valence-electron chi connectivity index (χ2n) is 5.27. The van der Waals surface area contributed by atoms with Crippen LogP contribution < -0.4 is 15.5 Å². The fourth-order valence-electron chi connectivity index (χ4n) is 2.50. The van der Waals surface area contributed by atoms with E-state index in [-0.39, 0.29) is 5.91 Å². The van der Waals surface area contributed by atoms with Crippen LogP contribution in [0.15, 0.2) is 18.2 Å². The van der Waals surface area contributed by atoms with Crippen LogP contribution in [-0.4, -0.2) is 37.6 Å². The molecule has 0 radical (unpaired) electrons. The fourth-order valence-corrected chi connectivity index (χ4v) is 3.55. The number of thiazole rings is 1. The summed E-state index contributed by atoms with van der Waals surface area (Å²) in [5.74, 6) is 0.0352. The highest BCUT2D eigenvalue weighted by Crippen LogP contribution is 2.32. The molecular formula is C15H20N4OS. The molecule has 1 aromatic heterocycles. The minimum Gasteiger partial charge on any atom is -0.348 e. The van der Waals surface area contributed by atoms with Crippen molar-refractivity contribution in [2.45, 2.75) is 19.3 Å². The number of nitrogens with one attached hydrogen (secondary N) is 2. The zero-order valence-corrected chi connectivity index (χ0v) is 13.0. The van der Waals surface area contributed by atoms with E-state index in [1.165, 1.54) is 12.8 Å². The minimum atomic E-state index is 0.0352. The number of carbonyl (C=O) groups excluding carboxylic acids is 1. The summed E-state index contributed by atoms with van der Waals surface area (Å²) in [5, 5.41) is 7.01. The van der Waals surface area contributed by atoms with Crippen molar-refractivity contribution in [3.63, 3.8) is 0 Å².